The van der Waals surface area contributed by atoms with Crippen LogP contribution in [0.5, 0.6) is 0 Å². The molecule has 0 unspecified atom stereocenters. The van der Waals surface area contributed by atoms with Gasteiger partial charge in [-0.2, -0.15) is 13.2 Å². The van der Waals surface area contributed by atoms with E-state index in [1.165, 1.54) is 53.7 Å². The number of carboxylic acid groups (broad SMARTS) is 1. The first-order valence-electron chi connectivity index (χ1n) is 13.5. The van der Waals surface area contributed by atoms with E-state index in [1.54, 1.807) is 37.8 Å². The third-order valence-electron chi connectivity index (χ3n) is 6.56. The first kappa shape index (κ1) is 31.1. The number of hydrogen-bond acceptors (Lipinski definition) is 6. The summed E-state index contributed by atoms with van der Waals surface area (Å²) in [5, 5.41) is 9.12. The molecule has 1 saturated heterocycles. The molecule has 224 valence electrons. The van der Waals surface area contributed by atoms with Crippen LogP contribution in [0.4, 0.5) is 23.7 Å². The number of piperazine rings is 1. The SMILES string of the molecule is CC(C)(C)OC(=O)N1CCN(c2cccc(CC(=O)c3cccc(C#Cc4cncc(C(=O)O)c4)c3)c2C(F)(F)F)CC1. The quantitative estimate of drug-likeness (QED) is 0.300. The molecule has 43 heavy (non-hydrogen) atoms. The van der Waals surface area contributed by atoms with Crippen LogP contribution in [0.15, 0.2) is 60.9 Å². The molecule has 4 rings (SSSR count). The van der Waals surface area contributed by atoms with Crippen LogP contribution in [0.2, 0.25) is 0 Å². The number of hydrogen-bond donors (Lipinski definition) is 1. The normalized spacial score (nSPS) is 13.6. The average molecular weight is 594 g/mol. The van der Waals surface area contributed by atoms with Gasteiger partial charge in [0, 0.05) is 67.4 Å². The van der Waals surface area contributed by atoms with Crippen molar-refractivity contribution in [2.45, 2.75) is 39.0 Å². The number of aromatic nitrogens is 1. The molecular weight excluding hydrogens is 563 g/mol. The lowest BCUT2D eigenvalue weighted by Crippen LogP contribution is -2.50. The van der Waals surface area contributed by atoms with Crippen molar-refractivity contribution in [1.29, 1.82) is 0 Å². The number of benzene rings is 2. The Morgan fingerprint density at radius 3 is 2.21 bits per heavy atom. The fourth-order valence-electron chi connectivity index (χ4n) is 4.60. The van der Waals surface area contributed by atoms with Gasteiger partial charge in [-0.15, -0.1) is 0 Å². The number of rotatable bonds is 5. The Bertz CT molecular complexity index is 1590. The van der Waals surface area contributed by atoms with Gasteiger partial charge < -0.3 is 19.6 Å². The molecule has 11 heteroatoms. The first-order chi connectivity index (χ1) is 20.2. The van der Waals surface area contributed by atoms with Crippen molar-refractivity contribution in [1.82, 2.24) is 9.88 Å². The molecule has 0 atom stereocenters. The summed E-state index contributed by atoms with van der Waals surface area (Å²) in [6, 6.07) is 11.7. The predicted molar refractivity (Wildman–Crippen MR) is 153 cm³/mol. The smallest absolute Gasteiger partial charge is 0.418 e. The highest BCUT2D eigenvalue weighted by atomic mass is 19.4. The van der Waals surface area contributed by atoms with Crippen molar-refractivity contribution in [3.8, 4) is 11.8 Å². The van der Waals surface area contributed by atoms with E-state index in [4.69, 9.17) is 9.84 Å². The molecule has 2 heterocycles. The molecule has 0 spiro atoms. The zero-order valence-corrected chi connectivity index (χ0v) is 23.9. The minimum absolute atomic E-state index is 0.0247. The molecule has 0 aliphatic carbocycles. The number of amides is 1. The number of anilines is 1. The lowest BCUT2D eigenvalue weighted by atomic mass is 9.95. The zero-order valence-electron chi connectivity index (χ0n) is 23.9. The monoisotopic (exact) mass is 593 g/mol. The van der Waals surface area contributed by atoms with Gasteiger partial charge in [-0.25, -0.2) is 9.59 Å². The Kier molecular flexibility index (Phi) is 9.09. The van der Waals surface area contributed by atoms with Crippen molar-refractivity contribution >= 4 is 23.5 Å². The first-order valence-corrected chi connectivity index (χ1v) is 13.5. The summed E-state index contributed by atoms with van der Waals surface area (Å²) in [7, 11) is 0. The van der Waals surface area contributed by atoms with E-state index in [2.05, 4.69) is 16.8 Å². The summed E-state index contributed by atoms with van der Waals surface area (Å²) in [6.45, 7) is 5.96. The molecule has 1 aliphatic rings. The second-order valence-electron chi connectivity index (χ2n) is 11.0. The Hall–Kier alpha value is -4.85. The largest absolute Gasteiger partial charge is 0.478 e. The summed E-state index contributed by atoms with van der Waals surface area (Å²) in [5.74, 6) is 3.97. The Balaban J connectivity index is 1.53. The maximum atomic E-state index is 14.4. The van der Waals surface area contributed by atoms with Crippen LogP contribution in [-0.4, -0.2) is 64.6 Å². The maximum absolute atomic E-state index is 14.4. The van der Waals surface area contributed by atoms with Gasteiger partial charge in [-0.1, -0.05) is 36.1 Å². The molecule has 2 aromatic carbocycles. The second kappa shape index (κ2) is 12.6. The number of Topliss-reactive ketones (excluding diaryl/α,β-unsaturated/α-hetero) is 1. The minimum atomic E-state index is -4.72. The van der Waals surface area contributed by atoms with Crippen LogP contribution in [-0.2, 0) is 17.3 Å². The van der Waals surface area contributed by atoms with Crippen molar-refractivity contribution < 1.29 is 37.4 Å². The Morgan fingerprint density at radius 1 is 0.907 bits per heavy atom. The van der Waals surface area contributed by atoms with E-state index in [-0.39, 0.29) is 48.6 Å². The number of nitrogens with zero attached hydrogens (tertiary/aromatic N) is 3. The number of ether oxygens (including phenoxy) is 1. The summed E-state index contributed by atoms with van der Waals surface area (Å²) in [6.07, 6.45) is -3.12. The van der Waals surface area contributed by atoms with Gasteiger partial charge in [0.05, 0.1) is 11.1 Å². The van der Waals surface area contributed by atoms with E-state index in [0.717, 1.165) is 0 Å². The Morgan fingerprint density at radius 2 is 1.56 bits per heavy atom. The number of ketones is 1. The van der Waals surface area contributed by atoms with E-state index in [1.807, 2.05) is 0 Å². The zero-order chi connectivity index (χ0) is 31.4. The molecule has 0 saturated carbocycles. The van der Waals surface area contributed by atoms with Gasteiger partial charge in [-0.3, -0.25) is 9.78 Å². The van der Waals surface area contributed by atoms with Gasteiger partial charge >= 0.3 is 18.2 Å². The third-order valence-corrected chi connectivity index (χ3v) is 6.56. The summed E-state index contributed by atoms with van der Waals surface area (Å²) in [5.41, 5.74) is -0.811. The van der Waals surface area contributed by atoms with Gasteiger partial charge in [-0.05, 0) is 50.6 Å². The van der Waals surface area contributed by atoms with Gasteiger partial charge in [0.25, 0.3) is 0 Å². The standard InChI is InChI=1S/C32H30F3N3O5/c1-31(2,3)43-30(42)38-14-12-37(13-15-38)26-9-5-8-24(28(26)32(33,34)35)18-27(39)23-7-4-6-21(16-23)10-11-22-17-25(29(40)41)20-36-19-22/h4-9,16-17,19-20H,12-15,18H2,1-3H3,(H,40,41). The fourth-order valence-corrected chi connectivity index (χ4v) is 4.60. The highest BCUT2D eigenvalue weighted by Gasteiger charge is 2.39. The number of carboxylic acids is 1. The number of carbonyl (C=O) groups excluding carboxylic acids is 2. The van der Waals surface area contributed by atoms with Crippen LogP contribution in [0.25, 0.3) is 0 Å². The van der Waals surface area contributed by atoms with E-state index in [0.29, 0.717) is 11.1 Å². The van der Waals surface area contributed by atoms with E-state index < -0.39 is 41.6 Å². The Labute approximate surface area is 247 Å². The van der Waals surface area contributed by atoms with Gasteiger partial charge in [0.1, 0.15) is 5.60 Å². The number of carbonyl (C=O) groups is 3. The molecule has 1 amide bonds. The van der Waals surface area contributed by atoms with Crippen LogP contribution >= 0.6 is 0 Å². The number of alkyl halides is 3. The molecule has 1 aliphatic heterocycles. The van der Waals surface area contributed by atoms with Gasteiger partial charge in [0.2, 0.25) is 0 Å². The molecule has 1 N–H and O–H groups in total. The topological polar surface area (TPSA) is 100 Å². The van der Waals surface area contributed by atoms with Crippen LogP contribution in [0, 0.1) is 11.8 Å². The van der Waals surface area contributed by atoms with Crippen molar-refractivity contribution in [2.75, 3.05) is 31.1 Å². The van der Waals surface area contributed by atoms with Crippen molar-refractivity contribution in [3.63, 3.8) is 0 Å². The van der Waals surface area contributed by atoms with Crippen molar-refractivity contribution in [3.05, 3.63) is 94.3 Å². The molecule has 1 aromatic heterocycles. The highest BCUT2D eigenvalue weighted by Crippen LogP contribution is 2.40. The molecule has 3 aromatic rings. The lowest BCUT2D eigenvalue weighted by Gasteiger charge is -2.38. The summed E-state index contributed by atoms with van der Waals surface area (Å²) in [4.78, 5) is 43.6. The van der Waals surface area contributed by atoms with Crippen LogP contribution in [0.3, 0.4) is 0 Å². The maximum Gasteiger partial charge on any atom is 0.418 e. The summed E-state index contributed by atoms with van der Waals surface area (Å²) >= 11 is 0. The average Bonchev–Trinajstić information content (AvgIpc) is 2.95. The number of aromatic carboxylic acids is 1. The highest BCUT2D eigenvalue weighted by molar-refractivity contribution is 5.98. The molecule has 0 bridgehead atoms. The lowest BCUT2D eigenvalue weighted by molar-refractivity contribution is -0.137. The number of halogens is 3. The summed E-state index contributed by atoms with van der Waals surface area (Å²) < 4.78 is 48.7. The predicted octanol–water partition coefficient (Wildman–Crippen LogP) is 5.68. The fraction of sp³-hybridized carbons (Fsp3) is 0.312. The molecule has 8 nitrogen and oxygen atoms in total. The molecule has 0 radical (unpaired) electrons. The second-order valence-corrected chi connectivity index (χ2v) is 11.0. The third kappa shape index (κ3) is 8.13. The number of pyridine rings is 1. The minimum Gasteiger partial charge on any atom is -0.478 e. The van der Waals surface area contributed by atoms with Gasteiger partial charge in [0.15, 0.2) is 5.78 Å². The molecule has 1 fully saturated rings. The molecular formula is C32H30F3N3O5. The van der Waals surface area contributed by atoms with Crippen LogP contribution in [0.1, 0.15) is 63.7 Å². The van der Waals surface area contributed by atoms with E-state index in [9.17, 15) is 27.6 Å². The van der Waals surface area contributed by atoms with Crippen molar-refractivity contribution in [2.24, 2.45) is 0 Å². The van der Waals surface area contributed by atoms with E-state index >= 15 is 0 Å². The van der Waals surface area contributed by atoms with Crippen LogP contribution < -0.4 is 4.90 Å².